The van der Waals surface area contributed by atoms with E-state index >= 15 is 0 Å². The van der Waals surface area contributed by atoms with Gasteiger partial charge in [0.15, 0.2) is 59.6 Å². The second-order valence-electron chi connectivity index (χ2n) is 15.6. The van der Waals surface area contributed by atoms with Gasteiger partial charge in [-0.1, -0.05) is 10.3 Å². The minimum atomic E-state index is -1.47. The average Bonchev–Trinajstić information content (AvgIpc) is 4.27. The van der Waals surface area contributed by atoms with Crippen molar-refractivity contribution in [2.24, 2.45) is 10.3 Å². The summed E-state index contributed by atoms with van der Waals surface area (Å²) in [6.07, 6.45) is 9.39. The lowest BCUT2D eigenvalue weighted by molar-refractivity contribution is -0.689. The largest absolute Gasteiger partial charge is 0.543 e. The number of hydrogen-bond donors (Lipinski definition) is 4. The molecule has 6 aromatic rings. The van der Waals surface area contributed by atoms with E-state index in [0.29, 0.717) is 45.6 Å². The van der Waals surface area contributed by atoms with Crippen molar-refractivity contribution >= 4 is 103 Å². The van der Waals surface area contributed by atoms with Crippen LogP contribution in [0.5, 0.6) is 0 Å². The van der Waals surface area contributed by atoms with Gasteiger partial charge in [-0.2, -0.15) is 0 Å². The first-order valence-electron chi connectivity index (χ1n) is 21.3. The highest BCUT2D eigenvalue weighted by molar-refractivity contribution is 8.00. The number of pyridine rings is 2. The van der Waals surface area contributed by atoms with Gasteiger partial charge in [0, 0.05) is 57.7 Å². The number of thiazole rings is 2. The number of hydrogen-bond acceptors (Lipinski definition) is 26. The first-order chi connectivity index (χ1) is 35.7. The molecule has 4 aliphatic heterocycles. The van der Waals surface area contributed by atoms with Crippen LogP contribution in [0, 0.1) is 0 Å². The smallest absolute Gasteiger partial charge is 0.276 e. The van der Waals surface area contributed by atoms with Gasteiger partial charge in [-0.25, -0.2) is 19.1 Å². The lowest BCUT2D eigenvalue weighted by Gasteiger charge is -2.50. The Morgan fingerprint density at radius 3 is 1.33 bits per heavy atom. The molecule has 2 saturated heterocycles. The third-order valence-electron chi connectivity index (χ3n) is 11.1. The van der Waals surface area contributed by atoms with Gasteiger partial charge in [0.1, 0.15) is 48.4 Å². The van der Waals surface area contributed by atoms with Gasteiger partial charge >= 0.3 is 0 Å². The first-order valence-corrected chi connectivity index (χ1v) is 25.1. The molecule has 10 heterocycles. The third-order valence-corrected chi connectivity index (χ3v) is 15.1. The number of carboxylic acid groups (broad SMARTS) is 2. The molecule has 16 N–H and O–H groups in total. The third kappa shape index (κ3) is 13.0. The first kappa shape index (κ1) is 62.7. The number of aliphatic carboxylic acids is 2. The molecule has 0 aromatic carbocycles. The van der Waals surface area contributed by atoms with E-state index < -0.39 is 58.4 Å². The summed E-state index contributed by atoms with van der Waals surface area (Å²) in [5.74, 6) is -4.17. The van der Waals surface area contributed by atoms with Crippen LogP contribution in [0.2, 0.25) is 0 Å². The Morgan fingerprint density at radius 1 is 0.671 bits per heavy atom. The normalized spacial score (nSPS) is 18.1. The SMILES string of the molecule is CO/N=C(/C(=O)N[C@H]1C(=O)N2C(C(=O)[O-])=C(C[n+]3ccc(-c4nnco4)cc3)CS[C@@H]12)c1csc(N)n1.CO/N=C(/C(=O)N[C@H]1C(=O)N2C(C(=O)[O-])=C(C[n+]3ccc(-c4nnco4)cc3)CS[C@@H]12)c1csc(N)n1.O.O.O.O.O. The summed E-state index contributed by atoms with van der Waals surface area (Å²) < 4.78 is 13.9. The van der Waals surface area contributed by atoms with Crippen LogP contribution in [0.25, 0.3) is 22.9 Å². The van der Waals surface area contributed by atoms with Crippen LogP contribution in [-0.2, 0) is 51.5 Å². The Hall–Kier alpha value is -8.82. The molecular formula is C42H46N16O17S4. The predicted octanol–water partition coefficient (Wildman–Crippen LogP) is -7.09. The van der Waals surface area contributed by atoms with Crippen LogP contribution in [0.3, 0.4) is 0 Å². The van der Waals surface area contributed by atoms with Crippen LogP contribution < -0.4 is 41.4 Å². The lowest BCUT2D eigenvalue weighted by Crippen LogP contribution is -2.71. The number of fused-ring (bicyclic) bond motifs is 2. The highest BCUT2D eigenvalue weighted by Gasteiger charge is 2.55. The van der Waals surface area contributed by atoms with E-state index in [2.05, 4.69) is 51.3 Å². The number of oxime groups is 2. The Morgan fingerprint density at radius 2 is 1.04 bits per heavy atom. The fourth-order valence-electron chi connectivity index (χ4n) is 7.84. The molecule has 0 radical (unpaired) electrons. The van der Waals surface area contributed by atoms with Crippen LogP contribution >= 0.6 is 46.2 Å². The number of nitrogens with one attached hydrogen (secondary N) is 2. The van der Waals surface area contributed by atoms with E-state index in [-0.39, 0.29) is 84.9 Å². The summed E-state index contributed by atoms with van der Waals surface area (Å²) in [6, 6.07) is 5.07. The summed E-state index contributed by atoms with van der Waals surface area (Å²) >= 11 is 4.90. The molecule has 2 fully saturated rings. The van der Waals surface area contributed by atoms with Gasteiger partial charge in [0.2, 0.25) is 24.6 Å². The zero-order chi connectivity index (χ0) is 52.2. The summed E-state index contributed by atoms with van der Waals surface area (Å²) in [5, 5.41) is 54.0. The number of anilines is 2. The second kappa shape index (κ2) is 27.0. The maximum absolute atomic E-state index is 13.0. The van der Waals surface area contributed by atoms with Gasteiger partial charge in [-0.15, -0.1) is 66.6 Å². The van der Waals surface area contributed by atoms with Gasteiger partial charge in [0.25, 0.3) is 23.6 Å². The van der Waals surface area contributed by atoms with Gasteiger partial charge in [0.05, 0.1) is 34.5 Å². The molecule has 10 rings (SSSR count). The molecule has 0 aliphatic carbocycles. The predicted molar refractivity (Wildman–Crippen MR) is 272 cm³/mol. The Balaban J connectivity index is 0.000000320. The monoisotopic (exact) mass is 1170 g/mol. The topological polar surface area (TPSA) is 543 Å². The molecule has 79 heavy (non-hydrogen) atoms. The molecule has 0 unspecified atom stereocenters. The molecule has 4 aliphatic rings. The summed E-state index contributed by atoms with van der Waals surface area (Å²) in [6.45, 7) is 0.424. The number of carboxylic acids is 2. The lowest BCUT2D eigenvalue weighted by atomic mass is 10.0. The molecule has 6 aromatic heterocycles. The molecule has 4 amide bonds. The van der Waals surface area contributed by atoms with Crippen molar-refractivity contribution in [3.05, 3.63) is 107 Å². The van der Waals surface area contributed by atoms with Crippen molar-refractivity contribution in [1.29, 1.82) is 0 Å². The second-order valence-corrected chi connectivity index (χ2v) is 19.6. The molecule has 37 heteroatoms. The minimum Gasteiger partial charge on any atom is -0.543 e. The number of nitrogens with zero attached hydrogens (tertiary/aromatic N) is 12. The number of aromatic nitrogens is 8. The van der Waals surface area contributed by atoms with E-state index in [1.54, 1.807) is 58.2 Å². The van der Waals surface area contributed by atoms with Gasteiger partial charge in [-0.3, -0.25) is 29.0 Å². The Bertz CT molecular complexity index is 3070. The van der Waals surface area contributed by atoms with Gasteiger partial charge < -0.3 is 87.8 Å². The van der Waals surface area contributed by atoms with Crippen molar-refractivity contribution in [2.75, 3.05) is 37.2 Å². The zero-order valence-electron chi connectivity index (χ0n) is 40.6. The number of carbonyl (C=O) groups excluding carboxylic acids is 6. The van der Waals surface area contributed by atoms with Crippen LogP contribution in [0.1, 0.15) is 11.4 Å². The van der Waals surface area contributed by atoms with E-state index in [0.717, 1.165) is 32.5 Å². The van der Waals surface area contributed by atoms with Gasteiger partial charge in [-0.05, 0) is 0 Å². The van der Waals surface area contributed by atoms with E-state index in [1.807, 2.05) is 0 Å². The summed E-state index contributed by atoms with van der Waals surface area (Å²) in [4.78, 5) is 95.6. The van der Waals surface area contributed by atoms with Crippen LogP contribution in [-0.4, -0.2) is 163 Å². The maximum atomic E-state index is 13.0. The highest BCUT2D eigenvalue weighted by atomic mass is 32.2. The van der Waals surface area contributed by atoms with Crippen molar-refractivity contribution in [3.63, 3.8) is 0 Å². The Kier molecular flexibility index (Phi) is 21.4. The fourth-order valence-corrected chi connectivity index (χ4v) is 11.6. The minimum absolute atomic E-state index is 0. The van der Waals surface area contributed by atoms with Crippen LogP contribution in [0.15, 0.2) is 114 Å². The quantitative estimate of drug-likeness (QED) is 0.0303. The maximum Gasteiger partial charge on any atom is 0.276 e. The molecule has 0 saturated carbocycles. The van der Waals surface area contributed by atoms with E-state index in [4.69, 9.17) is 30.0 Å². The number of carbonyl (C=O) groups is 6. The standard InChI is InChI=1S/2C21H18N8O6S2.5H2O/c2*1-34-27-13(12-8-37-21(22)24-12)16(30)25-14-18(31)29-15(20(32)33)11(7-36-19(14)29)6-28-4-2-10(3-5-28)17-26-23-9-35-17;;;;;/h2*2-5,8-9,14,19H,6-7H2,1H3,(H3-,22,24,25,30,32,33);5*1H2/b2*27-13+;;;;;/t2*14-,19-;;;;;/m00...../s1. The average molecular weight is 1180 g/mol. The molecule has 4 atom stereocenters. The number of amides is 4. The molecule has 33 nitrogen and oxygen atoms in total. The number of nitrogen functional groups attached to an aromatic ring is 2. The number of β-lactam (4-membered cyclic amide) rings is 2. The Labute approximate surface area is 459 Å². The zero-order valence-corrected chi connectivity index (χ0v) is 43.9. The van der Waals surface area contributed by atoms with Crippen molar-refractivity contribution in [3.8, 4) is 22.9 Å². The van der Waals surface area contributed by atoms with E-state index in [9.17, 15) is 39.0 Å². The molecule has 0 spiro atoms. The number of rotatable bonds is 16. The number of thioether (sulfide) groups is 2. The molecular weight excluding hydrogens is 1130 g/mol. The summed E-state index contributed by atoms with van der Waals surface area (Å²) in [5.41, 5.74) is 13.4. The fraction of sp³-hybridized carbons (Fsp3) is 0.238. The number of nitrogens with two attached hydrogens (primary N) is 2. The van der Waals surface area contributed by atoms with E-state index in [1.165, 1.54) is 61.3 Å². The molecule has 420 valence electrons. The van der Waals surface area contributed by atoms with Crippen molar-refractivity contribution < 1.29 is 94.0 Å². The van der Waals surface area contributed by atoms with Crippen molar-refractivity contribution in [2.45, 2.75) is 35.9 Å². The van der Waals surface area contributed by atoms with Crippen molar-refractivity contribution in [1.82, 2.24) is 50.8 Å². The summed E-state index contributed by atoms with van der Waals surface area (Å²) in [7, 11) is 2.54. The highest BCUT2D eigenvalue weighted by Crippen LogP contribution is 2.41. The molecule has 0 bridgehead atoms. The van der Waals surface area contributed by atoms with Crippen LogP contribution in [0.4, 0.5) is 10.3 Å².